The van der Waals surface area contributed by atoms with Gasteiger partial charge in [-0.3, -0.25) is 4.79 Å². The average molecular weight is 453 g/mol. The third kappa shape index (κ3) is 3.21. The lowest BCUT2D eigenvalue weighted by Crippen LogP contribution is -2.44. The van der Waals surface area contributed by atoms with E-state index in [4.69, 9.17) is 0 Å². The van der Waals surface area contributed by atoms with Gasteiger partial charge in [-0.1, -0.05) is 29.8 Å². The molecule has 1 aliphatic heterocycles. The summed E-state index contributed by atoms with van der Waals surface area (Å²) in [6, 6.07) is 10.6. The first-order valence-corrected chi connectivity index (χ1v) is 11.3. The summed E-state index contributed by atoms with van der Waals surface area (Å²) in [7, 11) is 0. The zero-order valence-corrected chi connectivity index (χ0v) is 18.8. The molecule has 1 amide bonds. The molecule has 5 rings (SSSR count). The highest BCUT2D eigenvalue weighted by atomic mass is 32.1. The van der Waals surface area contributed by atoms with Crippen molar-refractivity contribution in [2.75, 3.05) is 6.54 Å². The van der Waals surface area contributed by atoms with Gasteiger partial charge in [0.05, 0.1) is 20.9 Å². The number of aromatic nitrogens is 3. The second kappa shape index (κ2) is 7.48. The highest BCUT2D eigenvalue weighted by Gasteiger charge is 2.45. The van der Waals surface area contributed by atoms with Crippen molar-refractivity contribution < 1.29 is 13.6 Å². The van der Waals surface area contributed by atoms with Gasteiger partial charge in [0.25, 0.3) is 5.91 Å². The summed E-state index contributed by atoms with van der Waals surface area (Å²) in [6.07, 6.45) is 1.44. The number of H-pyrrole nitrogens is 1. The number of aromatic amines is 1. The smallest absolute Gasteiger partial charge is 0.274 e. The van der Waals surface area contributed by atoms with E-state index >= 15 is 0 Å². The third-order valence-electron chi connectivity index (χ3n) is 6.16. The molecule has 0 aliphatic carbocycles. The lowest BCUT2D eigenvalue weighted by Gasteiger charge is -2.33. The van der Waals surface area contributed by atoms with Crippen LogP contribution in [0.3, 0.4) is 0 Å². The van der Waals surface area contributed by atoms with Crippen molar-refractivity contribution in [2.45, 2.75) is 39.2 Å². The lowest BCUT2D eigenvalue weighted by molar-refractivity contribution is 0.0601. The number of aryl methyl sites for hydroxylation is 2. The van der Waals surface area contributed by atoms with E-state index in [0.29, 0.717) is 30.0 Å². The Kier molecular flexibility index (Phi) is 4.85. The molecule has 32 heavy (non-hydrogen) atoms. The molecule has 0 radical (unpaired) electrons. The van der Waals surface area contributed by atoms with Crippen LogP contribution in [0.1, 0.15) is 46.6 Å². The zero-order valence-electron chi connectivity index (χ0n) is 18.0. The van der Waals surface area contributed by atoms with Gasteiger partial charge < -0.3 is 9.88 Å². The van der Waals surface area contributed by atoms with Gasteiger partial charge in [-0.2, -0.15) is 0 Å². The van der Waals surface area contributed by atoms with Crippen LogP contribution in [0.5, 0.6) is 0 Å². The van der Waals surface area contributed by atoms with Crippen molar-refractivity contribution in [2.24, 2.45) is 0 Å². The summed E-state index contributed by atoms with van der Waals surface area (Å²) < 4.78 is 28.0. The molecule has 164 valence electrons. The van der Waals surface area contributed by atoms with Crippen molar-refractivity contribution in [3.05, 3.63) is 70.1 Å². The van der Waals surface area contributed by atoms with Crippen LogP contribution >= 0.6 is 11.3 Å². The van der Waals surface area contributed by atoms with Crippen molar-refractivity contribution in [1.29, 1.82) is 0 Å². The number of hydrogen-bond donors (Lipinski definition) is 1. The number of imidazole rings is 1. The van der Waals surface area contributed by atoms with E-state index < -0.39 is 17.2 Å². The van der Waals surface area contributed by atoms with Crippen LogP contribution in [-0.2, 0) is 5.54 Å². The number of nitrogens with zero attached hydrogens (tertiary/aromatic N) is 3. The fourth-order valence-corrected chi connectivity index (χ4v) is 5.40. The summed E-state index contributed by atoms with van der Waals surface area (Å²) >= 11 is 1.49. The Morgan fingerprint density at radius 1 is 1.19 bits per heavy atom. The molecule has 1 unspecified atom stereocenters. The molecule has 0 saturated carbocycles. The molecule has 4 aromatic rings. The van der Waals surface area contributed by atoms with Crippen molar-refractivity contribution in [3.63, 3.8) is 0 Å². The number of nitrogens with one attached hydrogen (secondary N) is 1. The van der Waals surface area contributed by atoms with E-state index in [1.54, 1.807) is 4.90 Å². The predicted octanol–water partition coefficient (Wildman–Crippen LogP) is 5.73. The van der Waals surface area contributed by atoms with Gasteiger partial charge in [-0.05, 0) is 51.3 Å². The summed E-state index contributed by atoms with van der Waals surface area (Å²) in [4.78, 5) is 28.4. The molecule has 2 aromatic heterocycles. The van der Waals surface area contributed by atoms with E-state index in [-0.39, 0.29) is 11.4 Å². The topological polar surface area (TPSA) is 61.9 Å². The first kappa shape index (κ1) is 20.8. The SMILES string of the molecule is Cc1cccc(-c2sc(C)nc2C(=O)N2CCCC2(C)c2nc3c(F)c(F)ccc3[nH]2)c1. The van der Waals surface area contributed by atoms with Gasteiger partial charge in [-0.25, -0.2) is 18.7 Å². The minimum Gasteiger partial charge on any atom is -0.340 e. The molecule has 1 atom stereocenters. The number of carbonyl (C=O) groups is 1. The maximum atomic E-state index is 14.3. The maximum absolute atomic E-state index is 14.3. The Morgan fingerprint density at radius 3 is 2.78 bits per heavy atom. The second-order valence-electron chi connectivity index (χ2n) is 8.46. The zero-order chi connectivity index (χ0) is 22.6. The number of fused-ring (bicyclic) bond motifs is 1. The number of amides is 1. The van der Waals surface area contributed by atoms with Crippen LogP contribution in [-0.4, -0.2) is 32.3 Å². The molecular formula is C24H22F2N4OS. The van der Waals surface area contributed by atoms with E-state index in [2.05, 4.69) is 15.0 Å². The van der Waals surface area contributed by atoms with Crippen LogP contribution in [0.2, 0.25) is 0 Å². The Morgan fingerprint density at radius 2 is 2.00 bits per heavy atom. The van der Waals surface area contributed by atoms with Crippen molar-refractivity contribution in [3.8, 4) is 10.4 Å². The third-order valence-corrected chi connectivity index (χ3v) is 7.18. The van der Waals surface area contributed by atoms with Crippen LogP contribution < -0.4 is 0 Å². The van der Waals surface area contributed by atoms with E-state index in [1.807, 2.05) is 45.0 Å². The van der Waals surface area contributed by atoms with Gasteiger partial charge in [0.15, 0.2) is 11.6 Å². The molecule has 5 nitrogen and oxygen atoms in total. The highest BCUT2D eigenvalue weighted by Crippen LogP contribution is 2.41. The molecule has 8 heteroatoms. The van der Waals surface area contributed by atoms with Gasteiger partial charge >= 0.3 is 0 Å². The molecule has 3 heterocycles. The first-order valence-electron chi connectivity index (χ1n) is 10.5. The predicted molar refractivity (Wildman–Crippen MR) is 121 cm³/mol. The summed E-state index contributed by atoms with van der Waals surface area (Å²) in [5, 5.41) is 0.812. The summed E-state index contributed by atoms with van der Waals surface area (Å²) in [5.74, 6) is -1.66. The number of likely N-dealkylation sites (tertiary alicyclic amines) is 1. The number of halogens is 2. The molecule has 0 bridgehead atoms. The van der Waals surface area contributed by atoms with Crippen LogP contribution in [0, 0.1) is 25.5 Å². The number of thiazole rings is 1. The molecular weight excluding hydrogens is 430 g/mol. The molecule has 0 spiro atoms. The summed E-state index contributed by atoms with van der Waals surface area (Å²) in [5.41, 5.74) is 2.06. The molecule has 1 fully saturated rings. The fourth-order valence-electron chi connectivity index (χ4n) is 4.49. The molecule has 1 aliphatic rings. The van der Waals surface area contributed by atoms with Crippen LogP contribution in [0.15, 0.2) is 36.4 Å². The van der Waals surface area contributed by atoms with Gasteiger partial charge in [0.1, 0.15) is 17.0 Å². The average Bonchev–Trinajstić information content (AvgIpc) is 3.47. The number of benzene rings is 2. The number of rotatable bonds is 3. The molecule has 2 aromatic carbocycles. The normalized spacial score (nSPS) is 18.6. The number of hydrogen-bond acceptors (Lipinski definition) is 4. The Bertz CT molecular complexity index is 1360. The molecule has 1 N–H and O–H groups in total. The monoisotopic (exact) mass is 452 g/mol. The fraction of sp³-hybridized carbons (Fsp3) is 0.292. The van der Waals surface area contributed by atoms with Gasteiger partial charge in [-0.15, -0.1) is 11.3 Å². The van der Waals surface area contributed by atoms with Crippen LogP contribution in [0.25, 0.3) is 21.5 Å². The molecule has 1 saturated heterocycles. The largest absolute Gasteiger partial charge is 0.340 e. The van der Waals surface area contributed by atoms with E-state index in [9.17, 15) is 13.6 Å². The minimum absolute atomic E-state index is 0.0505. The Hall–Kier alpha value is -3.13. The second-order valence-corrected chi connectivity index (χ2v) is 9.66. The van der Waals surface area contributed by atoms with E-state index in [1.165, 1.54) is 17.4 Å². The number of carbonyl (C=O) groups excluding carboxylic acids is 1. The standard InChI is InChI=1S/C24H22F2N4OS/c1-13-6-4-7-15(12-13)21-20(27-14(2)32-21)22(31)30-11-5-10-24(30,3)23-28-17-9-8-16(25)18(26)19(17)29-23/h4,6-9,12H,5,10-11H2,1-3H3,(H,28,29). The van der Waals surface area contributed by atoms with E-state index in [0.717, 1.165) is 33.5 Å². The quantitative estimate of drug-likeness (QED) is 0.432. The van der Waals surface area contributed by atoms with Gasteiger partial charge in [0.2, 0.25) is 0 Å². The summed E-state index contributed by atoms with van der Waals surface area (Å²) in [6.45, 7) is 6.35. The van der Waals surface area contributed by atoms with Crippen LogP contribution in [0.4, 0.5) is 8.78 Å². The minimum atomic E-state index is -0.985. The highest BCUT2D eigenvalue weighted by molar-refractivity contribution is 7.15. The maximum Gasteiger partial charge on any atom is 0.274 e. The van der Waals surface area contributed by atoms with Gasteiger partial charge in [0, 0.05) is 6.54 Å². The van der Waals surface area contributed by atoms with Crippen molar-refractivity contribution >= 4 is 28.3 Å². The van der Waals surface area contributed by atoms with Crippen molar-refractivity contribution in [1.82, 2.24) is 19.9 Å². The first-order chi connectivity index (χ1) is 15.3. The Labute approximate surface area is 188 Å². The Balaban J connectivity index is 1.57. The lowest BCUT2D eigenvalue weighted by atomic mass is 9.97.